The average molecular weight is 387 g/mol. The molecule has 2 aliphatic rings. The Kier molecular flexibility index (Phi) is 7.28. The second-order valence-electron chi connectivity index (χ2n) is 6.85. The van der Waals surface area contributed by atoms with Crippen LogP contribution < -0.4 is 10.6 Å². The van der Waals surface area contributed by atoms with Gasteiger partial charge in [0.2, 0.25) is 5.91 Å². The van der Waals surface area contributed by atoms with E-state index in [1.54, 1.807) is 12.1 Å². The number of sulfone groups is 1. The molecule has 25 heavy (non-hydrogen) atoms. The van der Waals surface area contributed by atoms with Crippen molar-refractivity contribution in [3.63, 3.8) is 0 Å². The van der Waals surface area contributed by atoms with Crippen molar-refractivity contribution in [2.45, 2.75) is 43.4 Å². The van der Waals surface area contributed by atoms with Crippen LogP contribution in [0, 0.1) is 5.92 Å². The number of hydrogen-bond donors (Lipinski definition) is 2. The molecule has 3 rings (SSSR count). The van der Waals surface area contributed by atoms with Crippen LogP contribution in [0.2, 0.25) is 0 Å². The Morgan fingerprint density at radius 1 is 1.24 bits per heavy atom. The van der Waals surface area contributed by atoms with Crippen molar-refractivity contribution in [2.24, 2.45) is 5.92 Å². The number of hydrogen-bond acceptors (Lipinski definition) is 4. The summed E-state index contributed by atoms with van der Waals surface area (Å²) in [7, 11) is -3.39. The quantitative estimate of drug-likeness (QED) is 0.750. The largest absolute Gasteiger partial charge is 0.356 e. The smallest absolute Gasteiger partial charge is 0.221 e. The van der Waals surface area contributed by atoms with Crippen molar-refractivity contribution in [3.05, 3.63) is 29.3 Å². The van der Waals surface area contributed by atoms with E-state index in [-0.39, 0.29) is 30.5 Å². The molecule has 1 aromatic carbocycles. The maximum atomic E-state index is 12.4. The highest BCUT2D eigenvalue weighted by atomic mass is 35.5. The first-order valence-electron chi connectivity index (χ1n) is 8.86. The van der Waals surface area contributed by atoms with Crippen LogP contribution in [0.15, 0.2) is 23.1 Å². The Hall–Kier alpha value is -1.11. The molecule has 1 atom stereocenters. The predicted octanol–water partition coefficient (Wildman–Crippen LogP) is 1.88. The molecule has 5 nitrogen and oxygen atoms in total. The van der Waals surface area contributed by atoms with E-state index < -0.39 is 9.84 Å². The van der Waals surface area contributed by atoms with Crippen molar-refractivity contribution >= 4 is 28.2 Å². The Labute approximate surface area is 156 Å². The number of aryl methyl sites for hydroxylation is 2. The highest BCUT2D eigenvalue weighted by Gasteiger charge is 2.20. The molecule has 7 heteroatoms. The van der Waals surface area contributed by atoms with Gasteiger partial charge in [0.15, 0.2) is 9.84 Å². The van der Waals surface area contributed by atoms with E-state index in [1.165, 1.54) is 5.56 Å². The molecular weight excluding hydrogens is 360 g/mol. The molecular formula is C18H27ClN2O3S. The third-order valence-corrected chi connectivity index (χ3v) is 6.78. The van der Waals surface area contributed by atoms with Gasteiger partial charge >= 0.3 is 0 Å². The van der Waals surface area contributed by atoms with Crippen LogP contribution in [0.1, 0.15) is 36.8 Å². The number of rotatable bonds is 7. The van der Waals surface area contributed by atoms with Crippen molar-refractivity contribution in [3.8, 4) is 0 Å². The molecule has 0 bridgehead atoms. The summed E-state index contributed by atoms with van der Waals surface area (Å²) in [4.78, 5) is 12.2. The van der Waals surface area contributed by atoms with Crippen molar-refractivity contribution < 1.29 is 13.2 Å². The summed E-state index contributed by atoms with van der Waals surface area (Å²) in [5.41, 5.74) is 2.40. The number of halogens is 1. The maximum Gasteiger partial charge on any atom is 0.221 e. The summed E-state index contributed by atoms with van der Waals surface area (Å²) in [5.74, 6) is 0.328. The van der Waals surface area contributed by atoms with Crippen LogP contribution in [0.5, 0.6) is 0 Å². The lowest BCUT2D eigenvalue weighted by atomic mass is 10.1. The Morgan fingerprint density at radius 3 is 2.80 bits per heavy atom. The highest BCUT2D eigenvalue weighted by Crippen LogP contribution is 2.25. The van der Waals surface area contributed by atoms with E-state index in [9.17, 15) is 13.2 Å². The first-order valence-corrected chi connectivity index (χ1v) is 10.5. The minimum absolute atomic E-state index is 0. The summed E-state index contributed by atoms with van der Waals surface area (Å²) >= 11 is 0. The molecule has 2 N–H and O–H groups in total. The molecule has 1 aromatic rings. The molecule has 140 valence electrons. The Bertz CT molecular complexity index is 700. The van der Waals surface area contributed by atoms with Crippen molar-refractivity contribution in [1.29, 1.82) is 0 Å². The molecule has 0 aromatic heterocycles. The van der Waals surface area contributed by atoms with E-state index in [0.29, 0.717) is 17.4 Å². The number of amides is 1. The zero-order valence-corrected chi connectivity index (χ0v) is 16.1. The number of carbonyl (C=O) groups is 1. The van der Waals surface area contributed by atoms with Crippen LogP contribution in [0.4, 0.5) is 0 Å². The van der Waals surface area contributed by atoms with Crippen LogP contribution in [-0.4, -0.2) is 39.7 Å². The SMILES string of the molecule is Cl.O=C(CCS(=O)(=O)c1ccc2c(c1)CCC2)NCCC1CCNC1. The Morgan fingerprint density at radius 2 is 2.04 bits per heavy atom. The van der Waals surface area contributed by atoms with Crippen LogP contribution in [0.25, 0.3) is 0 Å². The fourth-order valence-electron chi connectivity index (χ4n) is 3.55. The minimum Gasteiger partial charge on any atom is -0.356 e. The molecule has 1 amide bonds. The summed E-state index contributed by atoms with van der Waals surface area (Å²) < 4.78 is 24.9. The lowest BCUT2D eigenvalue weighted by Gasteiger charge is -2.10. The van der Waals surface area contributed by atoms with Gasteiger partial charge in [0, 0.05) is 13.0 Å². The van der Waals surface area contributed by atoms with Crippen molar-refractivity contribution in [1.82, 2.24) is 10.6 Å². The molecule has 1 saturated heterocycles. The zero-order valence-electron chi connectivity index (χ0n) is 14.4. The van der Waals surface area contributed by atoms with Gasteiger partial charge < -0.3 is 10.6 Å². The maximum absolute atomic E-state index is 12.4. The molecule has 0 spiro atoms. The number of fused-ring (bicyclic) bond motifs is 1. The highest BCUT2D eigenvalue weighted by molar-refractivity contribution is 7.91. The first kappa shape index (κ1) is 20.2. The van der Waals surface area contributed by atoms with Gasteiger partial charge in [-0.3, -0.25) is 4.79 Å². The van der Waals surface area contributed by atoms with E-state index in [0.717, 1.165) is 50.8 Å². The normalized spacial score (nSPS) is 19.3. The summed E-state index contributed by atoms with van der Waals surface area (Å²) in [6.45, 7) is 2.70. The third-order valence-electron chi connectivity index (χ3n) is 5.06. The fraction of sp³-hybridized carbons (Fsp3) is 0.611. The van der Waals surface area contributed by atoms with Crippen LogP contribution >= 0.6 is 12.4 Å². The molecule has 1 aliphatic heterocycles. The van der Waals surface area contributed by atoms with Gasteiger partial charge in [-0.05, 0) is 74.4 Å². The predicted molar refractivity (Wildman–Crippen MR) is 101 cm³/mol. The average Bonchev–Trinajstić information content (AvgIpc) is 3.23. The fourth-order valence-corrected chi connectivity index (χ4v) is 4.84. The molecule has 1 aliphatic carbocycles. The topological polar surface area (TPSA) is 75.3 Å². The number of benzene rings is 1. The van der Waals surface area contributed by atoms with Gasteiger partial charge in [-0.2, -0.15) is 0 Å². The Balaban J connectivity index is 0.00000225. The minimum atomic E-state index is -3.39. The third kappa shape index (κ3) is 5.43. The van der Waals surface area contributed by atoms with Crippen molar-refractivity contribution in [2.75, 3.05) is 25.4 Å². The number of nitrogens with one attached hydrogen (secondary N) is 2. The van der Waals surface area contributed by atoms with Gasteiger partial charge in [0.25, 0.3) is 0 Å². The second kappa shape index (κ2) is 9.01. The van der Waals surface area contributed by atoms with E-state index in [1.807, 2.05) is 6.07 Å². The van der Waals surface area contributed by atoms with Crippen LogP contribution in [0.3, 0.4) is 0 Å². The van der Waals surface area contributed by atoms with E-state index >= 15 is 0 Å². The molecule has 1 heterocycles. The summed E-state index contributed by atoms with van der Waals surface area (Å²) in [6, 6.07) is 5.40. The van der Waals surface area contributed by atoms with Gasteiger partial charge in [-0.25, -0.2) is 8.42 Å². The van der Waals surface area contributed by atoms with E-state index in [4.69, 9.17) is 0 Å². The van der Waals surface area contributed by atoms with Gasteiger partial charge in [0.05, 0.1) is 10.6 Å². The zero-order chi connectivity index (χ0) is 17.0. The lowest BCUT2D eigenvalue weighted by molar-refractivity contribution is -0.120. The number of carbonyl (C=O) groups excluding carboxylic acids is 1. The second-order valence-corrected chi connectivity index (χ2v) is 8.96. The monoisotopic (exact) mass is 386 g/mol. The van der Waals surface area contributed by atoms with Gasteiger partial charge in [0.1, 0.15) is 0 Å². The van der Waals surface area contributed by atoms with Gasteiger partial charge in [-0.1, -0.05) is 6.07 Å². The van der Waals surface area contributed by atoms with E-state index in [2.05, 4.69) is 10.6 Å². The molecule has 0 radical (unpaired) electrons. The molecule has 1 unspecified atom stereocenters. The first-order chi connectivity index (χ1) is 11.5. The van der Waals surface area contributed by atoms with Crippen LogP contribution in [-0.2, 0) is 27.5 Å². The summed E-state index contributed by atoms with van der Waals surface area (Å²) in [5, 5.41) is 6.14. The lowest BCUT2D eigenvalue weighted by Crippen LogP contribution is -2.28. The summed E-state index contributed by atoms with van der Waals surface area (Å²) in [6.07, 6.45) is 5.22. The molecule has 0 saturated carbocycles. The standard InChI is InChI=1S/C18H26N2O3S.ClH/c21-18(20-10-7-14-6-9-19-13-14)8-11-24(22,23)17-5-4-15-2-1-3-16(15)12-17;/h4-5,12,14,19H,1-3,6-11,13H2,(H,20,21);1H. The molecule has 1 fully saturated rings. The van der Waals surface area contributed by atoms with Gasteiger partial charge in [-0.15, -0.1) is 12.4 Å².